The Morgan fingerprint density at radius 2 is 1.76 bits per heavy atom. The lowest BCUT2D eigenvalue weighted by molar-refractivity contribution is 0.415. The Morgan fingerprint density at radius 1 is 1.00 bits per heavy atom. The molecule has 0 saturated carbocycles. The van der Waals surface area contributed by atoms with Crippen molar-refractivity contribution in [2.75, 3.05) is 7.11 Å². The minimum absolute atomic E-state index is 0.155. The van der Waals surface area contributed by atoms with Crippen LogP contribution in [-0.2, 0) is 0 Å². The third kappa shape index (κ3) is 2.63. The molecule has 0 aliphatic rings. The van der Waals surface area contributed by atoms with E-state index in [2.05, 4.69) is 10.2 Å². The van der Waals surface area contributed by atoms with E-state index in [9.17, 15) is 8.78 Å². The van der Waals surface area contributed by atoms with Crippen molar-refractivity contribution in [1.29, 1.82) is 0 Å². The number of aromatic amines is 1. The van der Waals surface area contributed by atoms with Gasteiger partial charge in [-0.1, -0.05) is 0 Å². The maximum Gasteiger partial charge on any atom is 0.132 e. The summed E-state index contributed by atoms with van der Waals surface area (Å²) >= 11 is 0. The zero-order valence-electron chi connectivity index (χ0n) is 11.2. The van der Waals surface area contributed by atoms with Crippen LogP contribution in [0.15, 0.2) is 48.5 Å². The molecule has 0 spiro atoms. The average Bonchev–Trinajstić information content (AvgIpc) is 2.99. The van der Waals surface area contributed by atoms with Gasteiger partial charge in [0.25, 0.3) is 0 Å². The Bertz CT molecular complexity index is 766. The van der Waals surface area contributed by atoms with Crippen LogP contribution in [0.2, 0.25) is 0 Å². The summed E-state index contributed by atoms with van der Waals surface area (Å²) in [6.45, 7) is 0. The van der Waals surface area contributed by atoms with Gasteiger partial charge in [-0.2, -0.15) is 5.10 Å². The summed E-state index contributed by atoms with van der Waals surface area (Å²) < 4.78 is 32.1. The maximum atomic E-state index is 13.7. The van der Waals surface area contributed by atoms with Gasteiger partial charge in [-0.05, 0) is 48.5 Å². The van der Waals surface area contributed by atoms with Crippen LogP contribution in [0.25, 0.3) is 22.5 Å². The lowest BCUT2D eigenvalue weighted by Gasteiger charge is -2.00. The molecule has 106 valence electrons. The summed E-state index contributed by atoms with van der Waals surface area (Å²) in [5.41, 5.74) is 2.09. The first-order chi connectivity index (χ1) is 10.2. The molecule has 3 nitrogen and oxygen atoms in total. The fourth-order valence-electron chi connectivity index (χ4n) is 2.07. The van der Waals surface area contributed by atoms with Crippen molar-refractivity contribution in [3.63, 3.8) is 0 Å². The number of nitrogens with zero attached hydrogens (tertiary/aromatic N) is 1. The largest absolute Gasteiger partial charge is 0.497 e. The third-order valence-corrected chi connectivity index (χ3v) is 3.18. The minimum atomic E-state index is -0.499. The lowest BCUT2D eigenvalue weighted by Crippen LogP contribution is -1.86. The molecule has 0 saturated heterocycles. The van der Waals surface area contributed by atoms with E-state index < -0.39 is 11.6 Å². The Balaban J connectivity index is 1.97. The van der Waals surface area contributed by atoms with Crippen LogP contribution < -0.4 is 4.74 Å². The van der Waals surface area contributed by atoms with Gasteiger partial charge in [0, 0.05) is 11.1 Å². The van der Waals surface area contributed by atoms with Crippen LogP contribution in [0.4, 0.5) is 8.78 Å². The Kier molecular flexibility index (Phi) is 3.39. The summed E-state index contributed by atoms with van der Waals surface area (Å²) in [5, 5.41) is 6.86. The molecule has 3 rings (SSSR count). The summed E-state index contributed by atoms with van der Waals surface area (Å²) in [4.78, 5) is 0. The van der Waals surface area contributed by atoms with Crippen molar-refractivity contribution in [3.05, 3.63) is 60.2 Å². The molecule has 0 radical (unpaired) electrons. The first kappa shape index (κ1) is 13.3. The van der Waals surface area contributed by atoms with Crippen molar-refractivity contribution in [1.82, 2.24) is 10.2 Å². The smallest absolute Gasteiger partial charge is 0.132 e. The van der Waals surface area contributed by atoms with Gasteiger partial charge < -0.3 is 4.74 Å². The number of H-pyrrole nitrogens is 1. The van der Waals surface area contributed by atoms with Crippen molar-refractivity contribution < 1.29 is 13.5 Å². The van der Waals surface area contributed by atoms with Gasteiger partial charge in [0.2, 0.25) is 0 Å². The van der Waals surface area contributed by atoms with Crippen molar-refractivity contribution in [2.24, 2.45) is 0 Å². The highest BCUT2D eigenvalue weighted by molar-refractivity contribution is 5.68. The van der Waals surface area contributed by atoms with E-state index in [0.717, 1.165) is 29.5 Å². The number of benzene rings is 2. The van der Waals surface area contributed by atoms with Crippen LogP contribution in [0.1, 0.15) is 0 Å². The zero-order chi connectivity index (χ0) is 14.8. The normalized spacial score (nSPS) is 10.6. The number of hydrogen-bond donors (Lipinski definition) is 1. The predicted molar refractivity (Wildman–Crippen MR) is 75.9 cm³/mol. The molecule has 5 heteroatoms. The van der Waals surface area contributed by atoms with E-state index in [0.29, 0.717) is 11.4 Å². The zero-order valence-corrected chi connectivity index (χ0v) is 11.2. The summed E-state index contributed by atoms with van der Waals surface area (Å²) in [5.74, 6) is -0.251. The summed E-state index contributed by atoms with van der Waals surface area (Å²) in [6.07, 6.45) is 0. The third-order valence-electron chi connectivity index (χ3n) is 3.18. The van der Waals surface area contributed by atoms with Crippen LogP contribution in [-0.4, -0.2) is 17.3 Å². The van der Waals surface area contributed by atoms with Crippen LogP contribution in [0.3, 0.4) is 0 Å². The molecule has 1 aromatic heterocycles. The first-order valence-corrected chi connectivity index (χ1v) is 6.32. The second-order valence-electron chi connectivity index (χ2n) is 4.52. The topological polar surface area (TPSA) is 37.9 Å². The highest BCUT2D eigenvalue weighted by Crippen LogP contribution is 2.27. The van der Waals surface area contributed by atoms with Gasteiger partial charge in [0.15, 0.2) is 0 Å². The molecule has 1 heterocycles. The van der Waals surface area contributed by atoms with E-state index in [4.69, 9.17) is 4.74 Å². The number of ether oxygens (including phenoxy) is 1. The Hall–Kier alpha value is -2.69. The molecule has 0 fully saturated rings. The number of rotatable bonds is 3. The molecule has 0 unspecified atom stereocenters. The molecule has 0 amide bonds. The molecule has 21 heavy (non-hydrogen) atoms. The molecule has 0 aliphatic carbocycles. The van der Waals surface area contributed by atoms with Crippen LogP contribution in [0.5, 0.6) is 5.75 Å². The van der Waals surface area contributed by atoms with Crippen molar-refractivity contribution in [2.45, 2.75) is 0 Å². The number of methoxy groups -OCH3 is 1. The van der Waals surface area contributed by atoms with Crippen molar-refractivity contribution in [3.8, 4) is 28.3 Å². The molecule has 2 aromatic carbocycles. The first-order valence-electron chi connectivity index (χ1n) is 6.32. The minimum Gasteiger partial charge on any atom is -0.497 e. The fourth-order valence-corrected chi connectivity index (χ4v) is 2.07. The maximum absolute atomic E-state index is 13.7. The molecular formula is C16H12F2N2O. The Morgan fingerprint density at radius 3 is 2.48 bits per heavy atom. The van der Waals surface area contributed by atoms with Crippen molar-refractivity contribution >= 4 is 0 Å². The highest BCUT2D eigenvalue weighted by Gasteiger charge is 2.11. The second kappa shape index (κ2) is 5.36. The number of halogens is 2. The standard InChI is InChI=1S/C16H12F2N2O/c1-21-12-5-2-10(3-6-12)15-9-16(20-19-15)13-8-11(17)4-7-14(13)18/h2-9H,1H3,(H,19,20). The van der Waals surface area contributed by atoms with Gasteiger partial charge in [0.05, 0.1) is 18.5 Å². The highest BCUT2D eigenvalue weighted by atomic mass is 19.1. The molecule has 1 N–H and O–H groups in total. The van der Waals surface area contributed by atoms with Gasteiger partial charge in [-0.15, -0.1) is 0 Å². The number of nitrogens with one attached hydrogen (secondary N) is 1. The van der Waals surface area contributed by atoms with Crippen LogP contribution in [0, 0.1) is 11.6 Å². The van der Waals surface area contributed by atoms with Gasteiger partial charge in [-0.25, -0.2) is 8.78 Å². The number of aromatic nitrogens is 2. The lowest BCUT2D eigenvalue weighted by atomic mass is 10.1. The van der Waals surface area contributed by atoms with E-state index in [1.54, 1.807) is 13.2 Å². The number of hydrogen-bond acceptors (Lipinski definition) is 2. The van der Waals surface area contributed by atoms with E-state index >= 15 is 0 Å². The van der Waals surface area contributed by atoms with Gasteiger partial charge in [0.1, 0.15) is 17.4 Å². The van der Waals surface area contributed by atoms with Gasteiger partial charge in [-0.3, -0.25) is 5.10 Å². The van der Waals surface area contributed by atoms with E-state index in [-0.39, 0.29) is 5.56 Å². The molecule has 3 aromatic rings. The van der Waals surface area contributed by atoms with E-state index in [1.807, 2.05) is 24.3 Å². The summed E-state index contributed by atoms with van der Waals surface area (Å²) in [7, 11) is 1.59. The molecule has 0 bridgehead atoms. The fraction of sp³-hybridized carbons (Fsp3) is 0.0625. The monoisotopic (exact) mass is 286 g/mol. The van der Waals surface area contributed by atoms with Crippen LogP contribution >= 0.6 is 0 Å². The molecule has 0 aliphatic heterocycles. The SMILES string of the molecule is COc1ccc(-c2cc(-c3cc(F)ccc3F)[nH]n2)cc1. The second-order valence-corrected chi connectivity index (χ2v) is 4.52. The summed E-state index contributed by atoms with van der Waals surface area (Å²) in [6, 6.07) is 12.3. The Labute approximate surface area is 120 Å². The van der Waals surface area contributed by atoms with E-state index in [1.165, 1.54) is 0 Å². The molecule has 0 atom stereocenters. The average molecular weight is 286 g/mol. The quantitative estimate of drug-likeness (QED) is 0.789. The predicted octanol–water partition coefficient (Wildman–Crippen LogP) is 4.03. The van der Waals surface area contributed by atoms with Gasteiger partial charge >= 0.3 is 0 Å². The molecular weight excluding hydrogens is 274 g/mol.